The molecule has 0 bridgehead atoms. The van der Waals surface area contributed by atoms with Crippen molar-refractivity contribution < 1.29 is 19.1 Å². The van der Waals surface area contributed by atoms with E-state index in [2.05, 4.69) is 60.6 Å². The highest BCUT2D eigenvalue weighted by atomic mass is 127. The fourth-order valence-corrected chi connectivity index (χ4v) is 9.35. The van der Waals surface area contributed by atoms with E-state index in [9.17, 15) is 19.2 Å². The average Bonchev–Trinajstić information content (AvgIpc) is 3.33. The summed E-state index contributed by atoms with van der Waals surface area (Å²) in [6, 6.07) is 20.0. The van der Waals surface area contributed by atoms with Crippen LogP contribution in [0.1, 0.15) is 44.6 Å². The Morgan fingerprint density at radius 2 is 1.25 bits per heavy atom. The quantitative estimate of drug-likeness (QED) is 0.0581. The predicted octanol–water partition coefficient (Wildman–Crippen LogP) is 7.82. The van der Waals surface area contributed by atoms with Gasteiger partial charge in [0.1, 0.15) is 11.6 Å². The number of ether oxygens (including phenoxy) is 2. The van der Waals surface area contributed by atoms with Crippen molar-refractivity contribution in [3.63, 3.8) is 0 Å². The highest BCUT2D eigenvalue weighted by Crippen LogP contribution is 2.35. The van der Waals surface area contributed by atoms with E-state index >= 15 is 0 Å². The van der Waals surface area contributed by atoms with Crippen molar-refractivity contribution in [3.8, 4) is 11.5 Å². The van der Waals surface area contributed by atoms with Crippen molar-refractivity contribution in [3.05, 3.63) is 103 Å². The number of aromatic nitrogens is 4. The maximum atomic E-state index is 13.4. The Morgan fingerprint density at radius 3 is 1.84 bits per heavy atom. The van der Waals surface area contributed by atoms with Crippen LogP contribution in [0.4, 0.5) is 34.6 Å². The molecule has 2 aliphatic heterocycles. The Labute approximate surface area is 411 Å². The number of carbonyl (C=O) groups is 2. The number of fused-ring (bicyclic) bond motifs is 2. The van der Waals surface area contributed by atoms with Gasteiger partial charge in [-0.3, -0.25) is 19.2 Å². The summed E-state index contributed by atoms with van der Waals surface area (Å²) in [5, 5.41) is 14.3. The van der Waals surface area contributed by atoms with Gasteiger partial charge in [0.15, 0.2) is 36.3 Å². The molecule has 0 radical (unpaired) electrons. The molecule has 4 aromatic heterocycles. The number of aryl methyl sites for hydroxylation is 2. The molecule has 0 saturated carbocycles. The van der Waals surface area contributed by atoms with Gasteiger partial charge in [0.2, 0.25) is 0 Å². The molecule has 352 valence electrons. The van der Waals surface area contributed by atoms with Gasteiger partial charge >= 0.3 is 0 Å². The minimum Gasteiger partial charge on any atom is -0.478 e. The monoisotopic (exact) mass is 1060 g/mol. The second-order valence-corrected chi connectivity index (χ2v) is 19.4. The molecule has 8 rings (SSSR count). The third-order valence-electron chi connectivity index (χ3n) is 12.5. The third kappa shape index (κ3) is 11.0. The number of pyridine rings is 4. The zero-order chi connectivity index (χ0) is 47.4. The first kappa shape index (κ1) is 47.7. The fourth-order valence-electron chi connectivity index (χ4n) is 8.43. The maximum absolute atomic E-state index is 13.4. The standard InChI is InChI=1S/C48H53Cl2IN10O6/c1-5-28-12-16-60(17-13-28)40-11-8-35(49)45(56-40)54-33-6-9-36-29(20-33)23-39(48(65)59(36)4)67-27-43(63)53-25-31-24-41(61-18-14-32(51)15-19-61)57-46(44(31)50)55-34-7-10-37-30(21-34)22-38(47(64)58(37)3)66-26-42(62)52-2/h6-11,20-24,28,32H,5,12-19,25-27H2,1-4H3,(H,52,62)(H,53,63)(H,54,56)(H,55,57). The van der Waals surface area contributed by atoms with Gasteiger partial charge in [-0.05, 0) is 104 Å². The molecular weight excluding hydrogens is 1010 g/mol. The molecule has 2 saturated heterocycles. The molecule has 4 N–H and O–H groups in total. The summed E-state index contributed by atoms with van der Waals surface area (Å²) in [5.41, 5.74) is 2.55. The molecule has 16 nitrogen and oxygen atoms in total. The van der Waals surface area contributed by atoms with Crippen LogP contribution >= 0.6 is 45.8 Å². The number of anilines is 6. The Hall–Kier alpha value is -5.79. The van der Waals surface area contributed by atoms with Crippen molar-refractivity contribution in [1.82, 2.24) is 29.7 Å². The lowest BCUT2D eigenvalue weighted by molar-refractivity contribution is -0.123. The molecule has 67 heavy (non-hydrogen) atoms. The minimum atomic E-state index is -0.457. The van der Waals surface area contributed by atoms with E-state index in [0.29, 0.717) is 64.5 Å². The number of nitrogens with one attached hydrogen (secondary N) is 4. The Morgan fingerprint density at radius 1 is 0.716 bits per heavy atom. The van der Waals surface area contributed by atoms with E-state index in [1.165, 1.54) is 22.6 Å². The number of amides is 2. The second kappa shape index (κ2) is 21.0. The largest absolute Gasteiger partial charge is 0.478 e. The van der Waals surface area contributed by atoms with Crippen molar-refractivity contribution in [1.29, 1.82) is 0 Å². The zero-order valence-electron chi connectivity index (χ0n) is 37.8. The zero-order valence-corrected chi connectivity index (χ0v) is 41.4. The molecule has 6 aromatic rings. The topological polar surface area (TPSA) is 177 Å². The summed E-state index contributed by atoms with van der Waals surface area (Å²) in [5.74, 6) is 2.47. The van der Waals surface area contributed by atoms with Gasteiger partial charge in [-0.15, -0.1) is 0 Å². The van der Waals surface area contributed by atoms with Crippen LogP contribution in [-0.2, 0) is 30.2 Å². The summed E-state index contributed by atoms with van der Waals surface area (Å²) in [6.07, 6.45) is 5.46. The summed E-state index contributed by atoms with van der Waals surface area (Å²) in [7, 11) is 4.79. The van der Waals surface area contributed by atoms with E-state index in [1.807, 2.05) is 48.5 Å². The van der Waals surface area contributed by atoms with Crippen LogP contribution < -0.4 is 51.7 Å². The van der Waals surface area contributed by atoms with Crippen LogP contribution in [0, 0.1) is 5.92 Å². The fraction of sp³-hybridized carbons (Fsp3) is 0.375. The lowest BCUT2D eigenvalue weighted by Crippen LogP contribution is -2.35. The van der Waals surface area contributed by atoms with Crippen LogP contribution in [-0.4, -0.2) is 81.3 Å². The molecule has 0 unspecified atom stereocenters. The normalized spacial score (nSPS) is 14.6. The van der Waals surface area contributed by atoms with E-state index < -0.39 is 12.5 Å². The van der Waals surface area contributed by atoms with Crippen molar-refractivity contribution in [2.45, 2.75) is 49.5 Å². The van der Waals surface area contributed by atoms with Crippen molar-refractivity contribution in [2.24, 2.45) is 20.0 Å². The van der Waals surface area contributed by atoms with Gasteiger partial charge in [-0.1, -0.05) is 59.1 Å². The molecule has 0 atom stereocenters. The Bertz CT molecular complexity index is 2950. The van der Waals surface area contributed by atoms with Crippen LogP contribution in [0.2, 0.25) is 10.0 Å². The summed E-state index contributed by atoms with van der Waals surface area (Å²) in [4.78, 5) is 66.0. The van der Waals surface area contributed by atoms with E-state index in [4.69, 9.17) is 42.6 Å². The molecule has 0 aliphatic carbocycles. The minimum absolute atomic E-state index is 0.0194. The van der Waals surface area contributed by atoms with Gasteiger partial charge in [0.25, 0.3) is 22.9 Å². The number of halogens is 3. The lowest BCUT2D eigenvalue weighted by Gasteiger charge is -2.32. The number of hydrogen-bond donors (Lipinski definition) is 4. The number of hydrogen-bond acceptors (Lipinski definition) is 12. The first-order valence-electron chi connectivity index (χ1n) is 22.3. The van der Waals surface area contributed by atoms with Crippen LogP contribution in [0.15, 0.2) is 76.3 Å². The second-order valence-electron chi connectivity index (χ2n) is 16.9. The number of nitrogens with zero attached hydrogens (tertiary/aromatic N) is 6. The summed E-state index contributed by atoms with van der Waals surface area (Å²) < 4.78 is 14.9. The van der Waals surface area contributed by atoms with Crippen LogP contribution in [0.3, 0.4) is 0 Å². The highest BCUT2D eigenvalue weighted by molar-refractivity contribution is 14.1. The first-order valence-corrected chi connectivity index (χ1v) is 24.3. The SMILES string of the molecule is CCC1CCN(c2ccc(Cl)c(Nc3ccc4c(c3)cc(OCC(=O)NCc3cc(N5CCC(I)CC5)nc(Nc5ccc6c(c5)cc(OCC(=O)NC)c(=O)n6C)c3Cl)c(=O)n4C)n2)CC1. The molecule has 2 amide bonds. The highest BCUT2D eigenvalue weighted by Gasteiger charge is 2.23. The van der Waals surface area contributed by atoms with Gasteiger partial charge in [0, 0.05) is 79.9 Å². The molecule has 0 spiro atoms. The number of carbonyl (C=O) groups excluding carboxylic acids is 2. The first-order chi connectivity index (χ1) is 32.3. The number of piperidine rings is 2. The van der Waals surface area contributed by atoms with Crippen molar-refractivity contribution >= 4 is 114 Å². The lowest BCUT2D eigenvalue weighted by atomic mass is 9.94. The Balaban J connectivity index is 0.973. The maximum Gasteiger partial charge on any atom is 0.293 e. The summed E-state index contributed by atoms with van der Waals surface area (Å²) in [6.45, 7) is 5.09. The van der Waals surface area contributed by atoms with Gasteiger partial charge in [-0.2, -0.15) is 0 Å². The van der Waals surface area contributed by atoms with Gasteiger partial charge in [-0.25, -0.2) is 9.97 Å². The molecular formula is C48H53Cl2IN10O6. The van der Waals surface area contributed by atoms with Crippen LogP contribution in [0.25, 0.3) is 21.8 Å². The molecule has 6 heterocycles. The number of rotatable bonds is 15. The van der Waals surface area contributed by atoms with E-state index in [0.717, 1.165) is 69.3 Å². The smallest absolute Gasteiger partial charge is 0.293 e. The van der Waals surface area contributed by atoms with E-state index in [-0.39, 0.29) is 41.7 Å². The molecule has 2 fully saturated rings. The molecule has 2 aliphatic rings. The van der Waals surface area contributed by atoms with Gasteiger partial charge < -0.3 is 49.7 Å². The number of alkyl halides is 1. The van der Waals surface area contributed by atoms with Gasteiger partial charge in [0.05, 0.1) is 21.1 Å². The predicted molar refractivity (Wildman–Crippen MR) is 275 cm³/mol. The van der Waals surface area contributed by atoms with Crippen molar-refractivity contribution in [2.75, 3.05) is 66.9 Å². The molecule has 2 aromatic carbocycles. The molecule has 19 heteroatoms. The summed E-state index contributed by atoms with van der Waals surface area (Å²) >= 11 is 16.1. The number of benzene rings is 2. The third-order valence-corrected chi connectivity index (χ3v) is 14.5. The number of likely N-dealkylation sites (N-methyl/N-ethyl adjacent to an activating group) is 1. The van der Waals surface area contributed by atoms with Crippen LogP contribution in [0.5, 0.6) is 11.5 Å². The Kier molecular flexibility index (Phi) is 15.0. The van der Waals surface area contributed by atoms with E-state index in [1.54, 1.807) is 32.3 Å². The average molecular weight is 1060 g/mol.